The summed E-state index contributed by atoms with van der Waals surface area (Å²) in [6.45, 7) is 0. The van der Waals surface area contributed by atoms with Crippen molar-refractivity contribution in [3.05, 3.63) is 24.3 Å². The minimum atomic E-state index is -1.07. The van der Waals surface area contributed by atoms with Crippen LogP contribution in [0.2, 0.25) is 0 Å². The Kier molecular flexibility index (Phi) is 4.14. The maximum atomic E-state index is 11.5. The average Bonchev–Trinajstić information content (AvgIpc) is 2.26. The fourth-order valence-corrected chi connectivity index (χ4v) is 1.94. The highest BCUT2D eigenvalue weighted by Gasteiger charge is 2.02. The molecule has 0 saturated carbocycles. The Morgan fingerprint density at radius 1 is 1.43 bits per heavy atom. The van der Waals surface area contributed by atoms with Crippen LogP contribution in [0.4, 0.5) is 0 Å². The summed E-state index contributed by atoms with van der Waals surface area (Å²) in [5, 5.41) is 8.34. The second kappa shape index (κ2) is 5.40. The molecule has 0 aliphatic heterocycles. The van der Waals surface area contributed by atoms with Crippen LogP contribution >= 0.6 is 0 Å². The van der Waals surface area contributed by atoms with Gasteiger partial charge in [0.05, 0.1) is 24.0 Å². The smallest absolute Gasteiger partial charge is 0.118 e. The van der Waals surface area contributed by atoms with E-state index in [0.717, 1.165) is 10.6 Å². The maximum Gasteiger partial charge on any atom is 0.118 e. The molecule has 0 spiro atoms. The average molecular weight is 209 g/mol. The van der Waals surface area contributed by atoms with Gasteiger partial charge in [-0.1, -0.05) is 0 Å². The molecular formula is C10H11NO2S. The number of hydrogen-bond acceptors (Lipinski definition) is 3. The number of nitrogens with zero attached hydrogens (tertiary/aromatic N) is 1. The highest BCUT2D eigenvalue weighted by Crippen LogP contribution is 2.14. The lowest BCUT2D eigenvalue weighted by Crippen LogP contribution is -1.96. The monoisotopic (exact) mass is 209 g/mol. The minimum Gasteiger partial charge on any atom is -0.497 e. The van der Waals surface area contributed by atoms with Gasteiger partial charge in [0.25, 0.3) is 0 Å². The van der Waals surface area contributed by atoms with Crippen molar-refractivity contribution in [3.8, 4) is 11.8 Å². The van der Waals surface area contributed by atoms with Crippen molar-refractivity contribution in [2.75, 3.05) is 12.9 Å². The van der Waals surface area contributed by atoms with E-state index in [0.29, 0.717) is 12.2 Å². The predicted octanol–water partition coefficient (Wildman–Crippen LogP) is 1.72. The summed E-state index contributed by atoms with van der Waals surface area (Å²) >= 11 is 0. The van der Waals surface area contributed by atoms with Crippen LogP contribution in [0.1, 0.15) is 6.42 Å². The van der Waals surface area contributed by atoms with E-state index >= 15 is 0 Å². The zero-order valence-electron chi connectivity index (χ0n) is 7.90. The molecule has 3 nitrogen and oxygen atoms in total. The number of methoxy groups -OCH3 is 1. The van der Waals surface area contributed by atoms with E-state index in [1.165, 1.54) is 0 Å². The molecule has 0 amide bonds. The van der Waals surface area contributed by atoms with Crippen LogP contribution < -0.4 is 4.74 Å². The standard InChI is InChI=1S/C10H11NO2S/c1-13-9-3-5-10(6-4-9)14(12)8-2-7-11/h3-6H,2,8H2,1H3. The first kappa shape index (κ1) is 10.7. The molecule has 0 saturated heterocycles. The largest absolute Gasteiger partial charge is 0.497 e. The Balaban J connectivity index is 2.67. The van der Waals surface area contributed by atoms with E-state index in [1.54, 1.807) is 31.4 Å². The topological polar surface area (TPSA) is 50.1 Å². The van der Waals surface area contributed by atoms with Crippen molar-refractivity contribution >= 4 is 10.8 Å². The molecule has 0 fully saturated rings. The fraction of sp³-hybridized carbons (Fsp3) is 0.300. The van der Waals surface area contributed by atoms with E-state index in [4.69, 9.17) is 10.00 Å². The van der Waals surface area contributed by atoms with Gasteiger partial charge in [-0.15, -0.1) is 0 Å². The molecule has 1 aromatic carbocycles. The quantitative estimate of drug-likeness (QED) is 0.758. The molecule has 0 aliphatic rings. The minimum absolute atomic E-state index is 0.318. The van der Waals surface area contributed by atoms with Gasteiger partial charge in [0.2, 0.25) is 0 Å². The van der Waals surface area contributed by atoms with Crippen LogP contribution in [-0.4, -0.2) is 17.1 Å². The van der Waals surface area contributed by atoms with Gasteiger partial charge in [0, 0.05) is 17.1 Å². The van der Waals surface area contributed by atoms with Crippen molar-refractivity contribution in [2.24, 2.45) is 0 Å². The first-order valence-corrected chi connectivity index (χ1v) is 5.49. The van der Waals surface area contributed by atoms with E-state index in [-0.39, 0.29) is 0 Å². The van der Waals surface area contributed by atoms with Crippen LogP contribution in [-0.2, 0) is 10.8 Å². The van der Waals surface area contributed by atoms with Gasteiger partial charge in [0.1, 0.15) is 5.75 Å². The lowest BCUT2D eigenvalue weighted by Gasteiger charge is -2.01. The molecule has 14 heavy (non-hydrogen) atoms. The molecule has 1 atom stereocenters. The first-order chi connectivity index (χ1) is 6.77. The molecule has 0 aliphatic carbocycles. The van der Waals surface area contributed by atoms with Gasteiger partial charge in [-0.3, -0.25) is 4.21 Å². The van der Waals surface area contributed by atoms with Crippen molar-refractivity contribution in [3.63, 3.8) is 0 Å². The molecule has 0 heterocycles. The van der Waals surface area contributed by atoms with Crippen molar-refractivity contribution in [1.82, 2.24) is 0 Å². The number of nitriles is 1. The Hall–Kier alpha value is -1.34. The molecule has 0 aromatic heterocycles. The van der Waals surface area contributed by atoms with Crippen molar-refractivity contribution < 1.29 is 8.95 Å². The van der Waals surface area contributed by atoms with Crippen LogP contribution in [0.5, 0.6) is 5.75 Å². The normalized spacial score (nSPS) is 11.7. The first-order valence-electron chi connectivity index (χ1n) is 4.17. The predicted molar refractivity (Wildman–Crippen MR) is 54.5 cm³/mol. The summed E-state index contributed by atoms with van der Waals surface area (Å²) < 4.78 is 16.5. The molecule has 1 aromatic rings. The van der Waals surface area contributed by atoms with Crippen molar-refractivity contribution in [2.45, 2.75) is 11.3 Å². The molecule has 0 radical (unpaired) electrons. The van der Waals surface area contributed by atoms with E-state index in [9.17, 15) is 4.21 Å². The van der Waals surface area contributed by atoms with Gasteiger partial charge in [-0.05, 0) is 24.3 Å². The Morgan fingerprint density at radius 2 is 2.07 bits per heavy atom. The molecular weight excluding hydrogens is 198 g/mol. The Bertz CT molecular complexity index is 353. The summed E-state index contributed by atoms with van der Waals surface area (Å²) in [6, 6.07) is 9.01. The zero-order chi connectivity index (χ0) is 10.4. The van der Waals surface area contributed by atoms with Crippen molar-refractivity contribution in [1.29, 1.82) is 5.26 Å². The second-order valence-corrected chi connectivity index (χ2v) is 4.20. The Labute approximate surface area is 85.8 Å². The maximum absolute atomic E-state index is 11.5. The van der Waals surface area contributed by atoms with Crippen LogP contribution in [0.3, 0.4) is 0 Å². The van der Waals surface area contributed by atoms with Gasteiger partial charge >= 0.3 is 0 Å². The van der Waals surface area contributed by atoms with E-state index in [1.807, 2.05) is 6.07 Å². The molecule has 4 heteroatoms. The van der Waals surface area contributed by atoms with Crippen LogP contribution in [0.25, 0.3) is 0 Å². The third kappa shape index (κ3) is 2.86. The SMILES string of the molecule is COc1ccc(S(=O)CCC#N)cc1. The van der Waals surface area contributed by atoms with E-state index in [2.05, 4.69) is 0 Å². The van der Waals surface area contributed by atoms with Gasteiger partial charge < -0.3 is 4.74 Å². The number of hydrogen-bond donors (Lipinski definition) is 0. The summed E-state index contributed by atoms with van der Waals surface area (Å²) in [5.41, 5.74) is 0. The van der Waals surface area contributed by atoms with Crippen LogP contribution in [0.15, 0.2) is 29.2 Å². The van der Waals surface area contributed by atoms with E-state index < -0.39 is 10.8 Å². The highest BCUT2D eigenvalue weighted by molar-refractivity contribution is 7.85. The van der Waals surface area contributed by atoms with Crippen LogP contribution in [0, 0.1) is 11.3 Å². The molecule has 0 bridgehead atoms. The fourth-order valence-electron chi connectivity index (χ4n) is 0.984. The lowest BCUT2D eigenvalue weighted by molar-refractivity contribution is 0.414. The third-order valence-electron chi connectivity index (χ3n) is 1.72. The van der Waals surface area contributed by atoms with Gasteiger partial charge in [-0.2, -0.15) is 5.26 Å². The number of benzene rings is 1. The summed E-state index contributed by atoms with van der Waals surface area (Å²) in [7, 11) is 0.513. The number of ether oxygens (including phenoxy) is 1. The molecule has 74 valence electrons. The Morgan fingerprint density at radius 3 is 2.57 bits per heavy atom. The second-order valence-electron chi connectivity index (χ2n) is 2.63. The number of rotatable bonds is 4. The summed E-state index contributed by atoms with van der Waals surface area (Å²) in [4.78, 5) is 0.737. The third-order valence-corrected chi connectivity index (χ3v) is 3.09. The molecule has 1 unspecified atom stereocenters. The summed E-state index contributed by atoms with van der Waals surface area (Å²) in [6.07, 6.45) is 0.318. The summed E-state index contributed by atoms with van der Waals surface area (Å²) in [5.74, 6) is 1.13. The highest BCUT2D eigenvalue weighted by atomic mass is 32.2. The lowest BCUT2D eigenvalue weighted by atomic mass is 10.3. The molecule has 1 rings (SSSR count). The van der Waals surface area contributed by atoms with Gasteiger partial charge in [0.15, 0.2) is 0 Å². The molecule has 0 N–H and O–H groups in total. The zero-order valence-corrected chi connectivity index (χ0v) is 8.71. The van der Waals surface area contributed by atoms with Gasteiger partial charge in [-0.25, -0.2) is 0 Å².